The van der Waals surface area contributed by atoms with Crippen molar-refractivity contribution in [2.75, 3.05) is 7.11 Å². The van der Waals surface area contributed by atoms with Crippen molar-refractivity contribution in [2.45, 2.75) is 18.9 Å². The van der Waals surface area contributed by atoms with Gasteiger partial charge in [0, 0.05) is 12.0 Å². The molecule has 0 aromatic heterocycles. The average molecular weight is 205 g/mol. The summed E-state index contributed by atoms with van der Waals surface area (Å²) in [6.07, 6.45) is 1.60. The Kier molecular flexibility index (Phi) is 2.73. The van der Waals surface area contributed by atoms with Gasteiger partial charge in [-0.05, 0) is 25.0 Å². The Morgan fingerprint density at radius 2 is 2.07 bits per heavy atom. The van der Waals surface area contributed by atoms with E-state index in [9.17, 15) is 4.79 Å². The van der Waals surface area contributed by atoms with E-state index in [1.54, 1.807) is 7.11 Å². The molecule has 1 fully saturated rings. The zero-order valence-electron chi connectivity index (χ0n) is 8.77. The minimum Gasteiger partial charge on any atom is -0.496 e. The number of nitrogens with two attached hydrogens (primary N) is 1. The SMILES string of the molecule is COc1ccccc1C(=O)C1CC(N)C1. The summed E-state index contributed by atoms with van der Waals surface area (Å²) in [5.74, 6) is 0.911. The van der Waals surface area contributed by atoms with Crippen molar-refractivity contribution in [2.24, 2.45) is 11.7 Å². The van der Waals surface area contributed by atoms with E-state index < -0.39 is 0 Å². The molecule has 0 saturated heterocycles. The average Bonchev–Trinajstić information content (AvgIpc) is 2.24. The lowest BCUT2D eigenvalue weighted by molar-refractivity contribution is 0.0829. The Morgan fingerprint density at radius 3 is 2.67 bits per heavy atom. The molecule has 3 nitrogen and oxygen atoms in total. The van der Waals surface area contributed by atoms with Crippen molar-refractivity contribution < 1.29 is 9.53 Å². The highest BCUT2D eigenvalue weighted by Crippen LogP contribution is 2.31. The van der Waals surface area contributed by atoms with E-state index in [0.717, 1.165) is 12.8 Å². The third-order valence-corrected chi connectivity index (χ3v) is 2.92. The topological polar surface area (TPSA) is 52.3 Å². The van der Waals surface area contributed by atoms with Crippen molar-refractivity contribution in [1.29, 1.82) is 0 Å². The highest BCUT2D eigenvalue weighted by Gasteiger charge is 2.33. The van der Waals surface area contributed by atoms with Crippen LogP contribution in [0.2, 0.25) is 0 Å². The molecule has 0 atom stereocenters. The Labute approximate surface area is 89.2 Å². The summed E-state index contributed by atoms with van der Waals surface area (Å²) in [5, 5.41) is 0. The zero-order chi connectivity index (χ0) is 10.8. The van der Waals surface area contributed by atoms with Crippen LogP contribution in [0.25, 0.3) is 0 Å². The maximum Gasteiger partial charge on any atom is 0.169 e. The normalized spacial score (nSPS) is 24.4. The van der Waals surface area contributed by atoms with Gasteiger partial charge >= 0.3 is 0 Å². The molecule has 80 valence electrons. The van der Waals surface area contributed by atoms with Crippen LogP contribution in [0.4, 0.5) is 0 Å². The van der Waals surface area contributed by atoms with Crippen LogP contribution in [-0.2, 0) is 0 Å². The number of para-hydroxylation sites is 1. The van der Waals surface area contributed by atoms with E-state index in [4.69, 9.17) is 10.5 Å². The molecular weight excluding hydrogens is 190 g/mol. The van der Waals surface area contributed by atoms with Crippen molar-refractivity contribution in [3.05, 3.63) is 29.8 Å². The quantitative estimate of drug-likeness (QED) is 0.763. The summed E-state index contributed by atoms with van der Waals surface area (Å²) in [6.45, 7) is 0. The molecule has 0 aliphatic heterocycles. The van der Waals surface area contributed by atoms with Crippen LogP contribution >= 0.6 is 0 Å². The molecule has 3 heteroatoms. The molecule has 15 heavy (non-hydrogen) atoms. The molecule has 1 saturated carbocycles. The number of ether oxygens (including phenoxy) is 1. The molecule has 0 radical (unpaired) electrons. The summed E-state index contributed by atoms with van der Waals surface area (Å²) < 4.78 is 5.16. The van der Waals surface area contributed by atoms with Gasteiger partial charge in [0.1, 0.15) is 5.75 Å². The number of carbonyl (C=O) groups is 1. The van der Waals surface area contributed by atoms with Crippen LogP contribution in [0.3, 0.4) is 0 Å². The molecule has 1 aromatic carbocycles. The van der Waals surface area contributed by atoms with E-state index in [2.05, 4.69) is 0 Å². The maximum atomic E-state index is 12.0. The van der Waals surface area contributed by atoms with Crippen LogP contribution < -0.4 is 10.5 Å². The molecule has 0 unspecified atom stereocenters. The number of Topliss-reactive ketones (excluding diaryl/α,β-unsaturated/α-hetero) is 1. The summed E-state index contributed by atoms with van der Waals surface area (Å²) in [5.41, 5.74) is 6.35. The van der Waals surface area contributed by atoms with Gasteiger partial charge in [0.05, 0.1) is 12.7 Å². The molecular formula is C12H15NO2. The molecule has 2 N–H and O–H groups in total. The van der Waals surface area contributed by atoms with Gasteiger partial charge in [0.15, 0.2) is 5.78 Å². The molecule has 0 bridgehead atoms. The van der Waals surface area contributed by atoms with Gasteiger partial charge in [-0.25, -0.2) is 0 Å². The molecule has 0 spiro atoms. The number of methoxy groups -OCH3 is 1. The fourth-order valence-electron chi connectivity index (χ4n) is 1.94. The molecule has 0 heterocycles. The Morgan fingerprint density at radius 1 is 1.40 bits per heavy atom. The first-order valence-corrected chi connectivity index (χ1v) is 5.15. The smallest absolute Gasteiger partial charge is 0.169 e. The highest BCUT2D eigenvalue weighted by molar-refractivity contribution is 6.00. The predicted molar refractivity (Wildman–Crippen MR) is 58.0 cm³/mol. The molecule has 0 amide bonds. The number of hydrogen-bond donors (Lipinski definition) is 1. The summed E-state index contributed by atoms with van der Waals surface area (Å²) >= 11 is 0. The fraction of sp³-hybridized carbons (Fsp3) is 0.417. The highest BCUT2D eigenvalue weighted by atomic mass is 16.5. The summed E-state index contributed by atoms with van der Waals surface area (Å²) in [7, 11) is 1.58. The lowest BCUT2D eigenvalue weighted by Crippen LogP contribution is -2.40. The van der Waals surface area contributed by atoms with Crippen LogP contribution in [0.1, 0.15) is 23.2 Å². The summed E-state index contributed by atoms with van der Waals surface area (Å²) in [6, 6.07) is 7.54. The third-order valence-electron chi connectivity index (χ3n) is 2.92. The van der Waals surface area contributed by atoms with Gasteiger partial charge in [-0.15, -0.1) is 0 Å². The number of carbonyl (C=O) groups excluding carboxylic acids is 1. The van der Waals surface area contributed by atoms with Crippen LogP contribution in [0.5, 0.6) is 5.75 Å². The maximum absolute atomic E-state index is 12.0. The van der Waals surface area contributed by atoms with Gasteiger partial charge < -0.3 is 10.5 Å². The van der Waals surface area contributed by atoms with E-state index in [1.807, 2.05) is 24.3 Å². The first-order valence-electron chi connectivity index (χ1n) is 5.15. The van der Waals surface area contributed by atoms with E-state index in [-0.39, 0.29) is 17.7 Å². The van der Waals surface area contributed by atoms with Crippen LogP contribution in [-0.4, -0.2) is 18.9 Å². The van der Waals surface area contributed by atoms with E-state index in [0.29, 0.717) is 11.3 Å². The second-order valence-electron chi connectivity index (χ2n) is 3.99. The van der Waals surface area contributed by atoms with Crippen molar-refractivity contribution in [3.63, 3.8) is 0 Å². The molecule has 1 aromatic rings. The number of hydrogen-bond acceptors (Lipinski definition) is 3. The lowest BCUT2D eigenvalue weighted by atomic mass is 9.76. The Hall–Kier alpha value is -1.35. The summed E-state index contributed by atoms with van der Waals surface area (Å²) in [4.78, 5) is 12.0. The van der Waals surface area contributed by atoms with E-state index in [1.165, 1.54) is 0 Å². The standard InChI is InChI=1S/C12H15NO2/c1-15-11-5-3-2-4-10(11)12(14)8-6-9(13)7-8/h2-5,8-9H,6-7,13H2,1H3. The second kappa shape index (κ2) is 4.03. The molecule has 2 rings (SSSR count). The number of benzene rings is 1. The molecule has 1 aliphatic carbocycles. The Balaban J connectivity index is 2.18. The minimum atomic E-state index is 0.0938. The van der Waals surface area contributed by atoms with Crippen molar-refractivity contribution in [1.82, 2.24) is 0 Å². The number of rotatable bonds is 3. The van der Waals surface area contributed by atoms with Crippen LogP contribution in [0.15, 0.2) is 24.3 Å². The van der Waals surface area contributed by atoms with Gasteiger partial charge in [-0.3, -0.25) is 4.79 Å². The monoisotopic (exact) mass is 205 g/mol. The third kappa shape index (κ3) is 1.88. The minimum absolute atomic E-state index is 0.0938. The largest absolute Gasteiger partial charge is 0.496 e. The van der Waals surface area contributed by atoms with E-state index >= 15 is 0 Å². The van der Waals surface area contributed by atoms with Gasteiger partial charge in [-0.2, -0.15) is 0 Å². The fourth-order valence-corrected chi connectivity index (χ4v) is 1.94. The number of ketones is 1. The van der Waals surface area contributed by atoms with Crippen molar-refractivity contribution in [3.8, 4) is 5.75 Å². The predicted octanol–water partition coefficient (Wildman–Crippen LogP) is 1.62. The van der Waals surface area contributed by atoms with Gasteiger partial charge in [0.2, 0.25) is 0 Å². The first kappa shape index (κ1) is 10.2. The van der Waals surface area contributed by atoms with Gasteiger partial charge in [0.25, 0.3) is 0 Å². The van der Waals surface area contributed by atoms with Crippen molar-refractivity contribution >= 4 is 5.78 Å². The second-order valence-corrected chi connectivity index (χ2v) is 3.99. The first-order chi connectivity index (χ1) is 7.22. The molecule has 1 aliphatic rings. The van der Waals surface area contributed by atoms with Crippen LogP contribution in [0, 0.1) is 5.92 Å². The zero-order valence-corrected chi connectivity index (χ0v) is 8.77. The lowest BCUT2D eigenvalue weighted by Gasteiger charge is -2.31. The Bertz CT molecular complexity index is 370. The van der Waals surface area contributed by atoms with Gasteiger partial charge in [-0.1, -0.05) is 12.1 Å².